The number of H-pyrrole nitrogens is 1. The first-order valence-electron chi connectivity index (χ1n) is 6.15. The summed E-state index contributed by atoms with van der Waals surface area (Å²) in [6, 6.07) is 4.60. The molecule has 3 N–H and O–H groups in total. The molecule has 1 heterocycles. The molecule has 0 bridgehead atoms. The Morgan fingerprint density at radius 1 is 1.45 bits per heavy atom. The van der Waals surface area contributed by atoms with Gasteiger partial charge in [-0.05, 0) is 11.6 Å². The summed E-state index contributed by atoms with van der Waals surface area (Å²) in [5.41, 5.74) is 1.64. The number of aliphatic carboxylic acids is 1. The number of aromatic amines is 1. The second kappa shape index (κ2) is 5.64. The minimum Gasteiger partial charge on any atom is -0.495 e. The largest absolute Gasteiger partial charge is 0.495 e. The number of carbonyl (C=O) groups is 2. The fraction of sp³-hybridized carbons (Fsp3) is 0.286. The Morgan fingerprint density at radius 3 is 2.80 bits per heavy atom. The monoisotopic (exact) mass is 276 g/mol. The number of nitrogens with one attached hydrogen (secondary N) is 2. The maximum Gasteiger partial charge on any atom is 0.326 e. The lowest BCUT2D eigenvalue weighted by Gasteiger charge is -2.12. The molecule has 2 aromatic rings. The van der Waals surface area contributed by atoms with Crippen molar-refractivity contribution in [3.05, 3.63) is 30.0 Å². The van der Waals surface area contributed by atoms with Gasteiger partial charge in [0.2, 0.25) is 5.91 Å². The Kier molecular flexibility index (Phi) is 3.93. The van der Waals surface area contributed by atoms with Gasteiger partial charge in [-0.15, -0.1) is 0 Å². The molecule has 0 saturated carbocycles. The highest BCUT2D eigenvalue weighted by molar-refractivity contribution is 5.89. The van der Waals surface area contributed by atoms with Crippen LogP contribution in [-0.2, 0) is 16.0 Å². The second-order valence-corrected chi connectivity index (χ2v) is 4.49. The van der Waals surface area contributed by atoms with E-state index in [1.807, 2.05) is 18.2 Å². The third-order valence-electron chi connectivity index (χ3n) is 3.08. The number of fused-ring (bicyclic) bond motifs is 1. The van der Waals surface area contributed by atoms with Crippen LogP contribution in [0.2, 0.25) is 0 Å². The zero-order valence-corrected chi connectivity index (χ0v) is 11.3. The number of methoxy groups -OCH3 is 1. The lowest BCUT2D eigenvalue weighted by Crippen LogP contribution is -2.41. The van der Waals surface area contributed by atoms with Crippen molar-refractivity contribution in [1.29, 1.82) is 0 Å². The number of carboxylic acids is 1. The first-order chi connectivity index (χ1) is 9.52. The van der Waals surface area contributed by atoms with E-state index in [1.54, 1.807) is 13.3 Å². The van der Waals surface area contributed by atoms with Gasteiger partial charge in [0.25, 0.3) is 0 Å². The van der Waals surface area contributed by atoms with Gasteiger partial charge in [-0.3, -0.25) is 4.79 Å². The van der Waals surface area contributed by atoms with Gasteiger partial charge in [-0.2, -0.15) is 0 Å². The fourth-order valence-corrected chi connectivity index (χ4v) is 2.19. The molecule has 20 heavy (non-hydrogen) atoms. The molecule has 0 radical (unpaired) electrons. The van der Waals surface area contributed by atoms with Gasteiger partial charge in [-0.1, -0.05) is 12.1 Å². The molecule has 6 nitrogen and oxygen atoms in total. The van der Waals surface area contributed by atoms with E-state index >= 15 is 0 Å². The topological polar surface area (TPSA) is 91.4 Å². The van der Waals surface area contributed by atoms with Crippen LogP contribution in [0.4, 0.5) is 0 Å². The zero-order chi connectivity index (χ0) is 14.7. The third kappa shape index (κ3) is 2.74. The lowest BCUT2D eigenvalue weighted by atomic mass is 10.0. The van der Waals surface area contributed by atoms with E-state index in [0.29, 0.717) is 5.75 Å². The zero-order valence-electron chi connectivity index (χ0n) is 11.3. The van der Waals surface area contributed by atoms with Crippen molar-refractivity contribution in [2.24, 2.45) is 0 Å². The van der Waals surface area contributed by atoms with E-state index in [0.717, 1.165) is 16.5 Å². The maximum atomic E-state index is 11.2. The molecule has 1 aromatic carbocycles. The summed E-state index contributed by atoms with van der Waals surface area (Å²) < 4.78 is 5.24. The van der Waals surface area contributed by atoms with E-state index in [-0.39, 0.29) is 12.3 Å². The SMILES string of the molecule is COc1cccc2c(C[C@H](NC(C)=O)C(=O)O)c[nH]c12. The van der Waals surface area contributed by atoms with Crippen LogP contribution < -0.4 is 10.1 Å². The number of para-hydroxylation sites is 1. The molecule has 106 valence electrons. The van der Waals surface area contributed by atoms with Crippen molar-refractivity contribution in [2.45, 2.75) is 19.4 Å². The van der Waals surface area contributed by atoms with Crippen molar-refractivity contribution in [3.8, 4) is 5.75 Å². The molecule has 0 unspecified atom stereocenters. The van der Waals surface area contributed by atoms with Crippen LogP contribution >= 0.6 is 0 Å². The molecule has 2 rings (SSSR count). The van der Waals surface area contributed by atoms with Crippen LogP contribution in [0.1, 0.15) is 12.5 Å². The van der Waals surface area contributed by atoms with Crippen LogP contribution in [-0.4, -0.2) is 35.1 Å². The predicted octanol–water partition coefficient (Wildman–Crippen LogP) is 1.31. The number of hydrogen-bond acceptors (Lipinski definition) is 3. The van der Waals surface area contributed by atoms with Gasteiger partial charge in [0.15, 0.2) is 0 Å². The number of amides is 1. The van der Waals surface area contributed by atoms with E-state index in [4.69, 9.17) is 9.84 Å². The van der Waals surface area contributed by atoms with Crippen LogP contribution in [0.3, 0.4) is 0 Å². The summed E-state index contributed by atoms with van der Waals surface area (Å²) in [6.07, 6.45) is 1.95. The maximum absolute atomic E-state index is 11.2. The van der Waals surface area contributed by atoms with Crippen LogP contribution in [0.5, 0.6) is 5.75 Å². The highest BCUT2D eigenvalue weighted by Crippen LogP contribution is 2.27. The summed E-state index contributed by atoms with van der Waals surface area (Å²) in [7, 11) is 1.58. The Morgan fingerprint density at radius 2 is 2.20 bits per heavy atom. The predicted molar refractivity (Wildman–Crippen MR) is 73.8 cm³/mol. The highest BCUT2D eigenvalue weighted by atomic mass is 16.5. The molecule has 1 aromatic heterocycles. The van der Waals surface area contributed by atoms with Gasteiger partial charge in [0.1, 0.15) is 11.8 Å². The molecular formula is C14H16N2O4. The average molecular weight is 276 g/mol. The van der Waals surface area contributed by atoms with Crippen molar-refractivity contribution in [2.75, 3.05) is 7.11 Å². The smallest absolute Gasteiger partial charge is 0.326 e. The van der Waals surface area contributed by atoms with Crippen LogP contribution in [0.15, 0.2) is 24.4 Å². The number of ether oxygens (including phenoxy) is 1. The van der Waals surface area contributed by atoms with Crippen molar-refractivity contribution >= 4 is 22.8 Å². The Bertz CT molecular complexity index is 648. The summed E-state index contributed by atoms with van der Waals surface area (Å²) >= 11 is 0. The summed E-state index contributed by atoms with van der Waals surface area (Å²) in [4.78, 5) is 25.3. The minimum atomic E-state index is -1.06. The molecule has 1 amide bonds. The number of carboxylic acid groups (broad SMARTS) is 1. The van der Waals surface area contributed by atoms with E-state index in [2.05, 4.69) is 10.3 Å². The lowest BCUT2D eigenvalue weighted by molar-refractivity contribution is -0.141. The quantitative estimate of drug-likeness (QED) is 0.767. The fourth-order valence-electron chi connectivity index (χ4n) is 2.19. The number of hydrogen-bond donors (Lipinski definition) is 3. The van der Waals surface area contributed by atoms with Crippen molar-refractivity contribution in [1.82, 2.24) is 10.3 Å². The van der Waals surface area contributed by atoms with Gasteiger partial charge in [0.05, 0.1) is 12.6 Å². The Labute approximate surface area is 115 Å². The number of benzene rings is 1. The molecule has 0 aliphatic heterocycles. The average Bonchev–Trinajstić information content (AvgIpc) is 2.80. The minimum absolute atomic E-state index is 0.210. The standard InChI is InChI=1S/C14H16N2O4/c1-8(17)16-11(14(18)19)6-9-7-15-13-10(9)4-3-5-12(13)20-2/h3-5,7,11,15H,6H2,1-2H3,(H,16,17)(H,18,19)/t11-/m0/s1. The normalized spacial score (nSPS) is 12.1. The van der Waals surface area contributed by atoms with Crippen molar-refractivity contribution < 1.29 is 19.4 Å². The highest BCUT2D eigenvalue weighted by Gasteiger charge is 2.20. The van der Waals surface area contributed by atoms with E-state index in [9.17, 15) is 9.59 Å². The second-order valence-electron chi connectivity index (χ2n) is 4.49. The summed E-state index contributed by atoms with van der Waals surface area (Å²) in [5, 5.41) is 12.5. The van der Waals surface area contributed by atoms with Crippen LogP contribution in [0.25, 0.3) is 10.9 Å². The van der Waals surface area contributed by atoms with Gasteiger partial charge in [-0.25, -0.2) is 4.79 Å². The number of carbonyl (C=O) groups excluding carboxylic acids is 1. The van der Waals surface area contributed by atoms with E-state index < -0.39 is 12.0 Å². The third-order valence-corrected chi connectivity index (χ3v) is 3.08. The number of aromatic nitrogens is 1. The summed E-state index contributed by atoms with van der Waals surface area (Å²) in [6.45, 7) is 1.30. The van der Waals surface area contributed by atoms with Gasteiger partial charge >= 0.3 is 5.97 Å². The number of rotatable bonds is 5. The van der Waals surface area contributed by atoms with E-state index in [1.165, 1.54) is 6.92 Å². The first-order valence-corrected chi connectivity index (χ1v) is 6.15. The molecule has 1 atom stereocenters. The molecular weight excluding hydrogens is 260 g/mol. The van der Waals surface area contributed by atoms with Crippen molar-refractivity contribution in [3.63, 3.8) is 0 Å². The molecule has 6 heteroatoms. The van der Waals surface area contributed by atoms with Gasteiger partial charge < -0.3 is 20.1 Å². The molecule has 0 aliphatic rings. The molecule has 0 spiro atoms. The molecule has 0 aliphatic carbocycles. The Hall–Kier alpha value is -2.50. The van der Waals surface area contributed by atoms with Gasteiger partial charge in [0, 0.05) is 24.9 Å². The molecule has 0 saturated heterocycles. The first kappa shape index (κ1) is 13.9. The van der Waals surface area contributed by atoms with Crippen LogP contribution in [0, 0.1) is 0 Å². The summed E-state index contributed by atoms with van der Waals surface area (Å²) in [5.74, 6) is -0.729. The molecule has 0 fully saturated rings. The Balaban J connectivity index is 2.33.